The number of aromatic nitrogens is 1. The summed E-state index contributed by atoms with van der Waals surface area (Å²) in [5.41, 5.74) is 1.65. The summed E-state index contributed by atoms with van der Waals surface area (Å²) in [5.74, 6) is 0.0216. The number of carbonyl (C=O) groups excluding carboxylic acids is 1. The maximum atomic E-state index is 12.4. The number of carbonyl (C=O) groups is 1. The first-order chi connectivity index (χ1) is 9.24. The first-order valence-corrected chi connectivity index (χ1v) is 6.79. The van der Waals surface area contributed by atoms with Crippen LogP contribution >= 0.6 is 0 Å². The van der Waals surface area contributed by atoms with Gasteiger partial charge < -0.3 is 15.2 Å². The molecule has 1 amide bonds. The minimum atomic E-state index is 0.0216. The Kier molecular flexibility index (Phi) is 3.25. The van der Waals surface area contributed by atoms with E-state index in [-0.39, 0.29) is 11.9 Å². The Morgan fingerprint density at radius 2 is 2.32 bits per heavy atom. The van der Waals surface area contributed by atoms with E-state index in [4.69, 9.17) is 0 Å². The van der Waals surface area contributed by atoms with E-state index in [2.05, 4.69) is 22.2 Å². The zero-order chi connectivity index (χ0) is 13.2. The molecule has 1 aromatic carbocycles. The second kappa shape index (κ2) is 5.05. The van der Waals surface area contributed by atoms with Crippen LogP contribution in [-0.2, 0) is 0 Å². The van der Waals surface area contributed by atoms with Gasteiger partial charge in [0.2, 0.25) is 0 Å². The summed E-state index contributed by atoms with van der Waals surface area (Å²) in [5, 5.41) is 4.22. The third-order valence-corrected chi connectivity index (χ3v) is 3.79. The predicted octanol–water partition coefficient (Wildman–Crippen LogP) is 1.99. The van der Waals surface area contributed by atoms with Gasteiger partial charge >= 0.3 is 0 Å². The molecule has 1 aliphatic heterocycles. The molecule has 4 nitrogen and oxygen atoms in total. The minimum Gasteiger partial charge on any atom is -0.361 e. The van der Waals surface area contributed by atoms with E-state index in [0.717, 1.165) is 42.4 Å². The molecule has 1 fully saturated rings. The number of para-hydroxylation sites is 1. The van der Waals surface area contributed by atoms with E-state index in [0.29, 0.717) is 0 Å². The van der Waals surface area contributed by atoms with Crippen molar-refractivity contribution >= 4 is 16.8 Å². The molecule has 0 aliphatic carbocycles. The summed E-state index contributed by atoms with van der Waals surface area (Å²) >= 11 is 0. The lowest BCUT2D eigenvalue weighted by Gasteiger charge is -2.30. The van der Waals surface area contributed by atoms with Crippen molar-refractivity contribution in [3.63, 3.8) is 0 Å². The van der Waals surface area contributed by atoms with Crippen LogP contribution in [0.25, 0.3) is 10.9 Å². The van der Waals surface area contributed by atoms with Crippen LogP contribution < -0.4 is 5.32 Å². The molecule has 2 heterocycles. The Morgan fingerprint density at radius 1 is 1.42 bits per heavy atom. The lowest BCUT2D eigenvalue weighted by Crippen LogP contribution is -2.46. The van der Waals surface area contributed by atoms with Gasteiger partial charge in [0.25, 0.3) is 5.91 Å². The summed E-state index contributed by atoms with van der Waals surface area (Å²) < 4.78 is 0. The second-order valence-corrected chi connectivity index (χ2v) is 5.32. The Morgan fingerprint density at radius 3 is 3.16 bits per heavy atom. The molecular weight excluding hydrogens is 238 g/mol. The van der Waals surface area contributed by atoms with Gasteiger partial charge in [-0.25, -0.2) is 0 Å². The van der Waals surface area contributed by atoms with Crippen LogP contribution in [-0.4, -0.2) is 42.0 Å². The molecule has 1 unspecified atom stereocenters. The molecule has 4 heteroatoms. The summed E-state index contributed by atoms with van der Waals surface area (Å²) in [7, 11) is 2.10. The lowest BCUT2D eigenvalue weighted by molar-refractivity contribution is 0.0914. The normalized spacial score (nSPS) is 20.6. The number of aromatic amines is 1. The van der Waals surface area contributed by atoms with Crippen molar-refractivity contribution in [3.05, 3.63) is 36.0 Å². The maximum Gasteiger partial charge on any atom is 0.253 e. The number of likely N-dealkylation sites (N-methyl/N-ethyl adjacent to an activating group) is 1. The molecule has 19 heavy (non-hydrogen) atoms. The van der Waals surface area contributed by atoms with Crippen LogP contribution in [0.4, 0.5) is 0 Å². The molecule has 0 spiro atoms. The quantitative estimate of drug-likeness (QED) is 0.864. The fourth-order valence-corrected chi connectivity index (χ4v) is 2.82. The molecule has 0 bridgehead atoms. The fraction of sp³-hybridized carbons (Fsp3) is 0.400. The van der Waals surface area contributed by atoms with Crippen molar-refractivity contribution in [2.75, 3.05) is 20.1 Å². The summed E-state index contributed by atoms with van der Waals surface area (Å²) in [6, 6.07) is 8.06. The highest BCUT2D eigenvalue weighted by atomic mass is 16.1. The van der Waals surface area contributed by atoms with E-state index in [1.807, 2.05) is 30.5 Å². The number of H-pyrrole nitrogens is 1. The molecule has 3 rings (SSSR count). The number of nitrogens with zero attached hydrogens (tertiary/aromatic N) is 1. The molecule has 1 aromatic heterocycles. The molecular formula is C15H19N3O. The smallest absolute Gasteiger partial charge is 0.253 e. The highest BCUT2D eigenvalue weighted by molar-refractivity contribution is 6.05. The molecule has 1 atom stereocenters. The first kappa shape index (κ1) is 12.2. The molecule has 0 radical (unpaired) electrons. The molecule has 1 aliphatic rings. The van der Waals surface area contributed by atoms with E-state index in [1.165, 1.54) is 0 Å². The number of likely N-dealkylation sites (tertiary alicyclic amines) is 1. The number of hydrogen-bond donors (Lipinski definition) is 2. The van der Waals surface area contributed by atoms with Gasteiger partial charge in [-0.2, -0.15) is 0 Å². The number of fused-ring (bicyclic) bond motifs is 1. The third-order valence-electron chi connectivity index (χ3n) is 3.79. The van der Waals surface area contributed by atoms with Gasteiger partial charge in [0.1, 0.15) is 0 Å². The zero-order valence-corrected chi connectivity index (χ0v) is 11.1. The van der Waals surface area contributed by atoms with Gasteiger partial charge in [0.15, 0.2) is 0 Å². The van der Waals surface area contributed by atoms with Crippen LogP contribution in [0.2, 0.25) is 0 Å². The SMILES string of the molecule is CN1CCCC(NC(=O)c2cccc3cc[nH]c23)C1. The second-order valence-electron chi connectivity index (χ2n) is 5.32. The third kappa shape index (κ3) is 2.49. The predicted molar refractivity (Wildman–Crippen MR) is 76.3 cm³/mol. The summed E-state index contributed by atoms with van der Waals surface area (Å²) in [6.45, 7) is 2.06. The number of nitrogens with one attached hydrogen (secondary N) is 2. The first-order valence-electron chi connectivity index (χ1n) is 6.79. The van der Waals surface area contributed by atoms with Gasteiger partial charge in [0, 0.05) is 24.2 Å². The van der Waals surface area contributed by atoms with Gasteiger partial charge in [-0.1, -0.05) is 12.1 Å². The Balaban J connectivity index is 1.78. The van der Waals surface area contributed by atoms with Gasteiger partial charge in [-0.05, 0) is 38.6 Å². The Hall–Kier alpha value is -1.81. The van der Waals surface area contributed by atoms with E-state index in [9.17, 15) is 4.79 Å². The van der Waals surface area contributed by atoms with Gasteiger partial charge in [-0.15, -0.1) is 0 Å². The van der Waals surface area contributed by atoms with Crippen molar-refractivity contribution in [3.8, 4) is 0 Å². The molecule has 0 saturated carbocycles. The van der Waals surface area contributed by atoms with Crippen LogP contribution in [0.3, 0.4) is 0 Å². The Labute approximate surface area is 112 Å². The van der Waals surface area contributed by atoms with Crippen LogP contribution in [0.15, 0.2) is 30.5 Å². The van der Waals surface area contributed by atoms with Crippen molar-refractivity contribution in [2.45, 2.75) is 18.9 Å². The monoisotopic (exact) mass is 257 g/mol. The van der Waals surface area contributed by atoms with Gasteiger partial charge in [-0.3, -0.25) is 4.79 Å². The minimum absolute atomic E-state index is 0.0216. The number of benzene rings is 1. The van der Waals surface area contributed by atoms with Crippen LogP contribution in [0.5, 0.6) is 0 Å². The Bertz CT molecular complexity index is 590. The molecule has 2 aromatic rings. The van der Waals surface area contributed by atoms with E-state index in [1.54, 1.807) is 0 Å². The number of hydrogen-bond acceptors (Lipinski definition) is 2. The highest BCUT2D eigenvalue weighted by Crippen LogP contribution is 2.17. The maximum absolute atomic E-state index is 12.4. The number of amides is 1. The number of rotatable bonds is 2. The highest BCUT2D eigenvalue weighted by Gasteiger charge is 2.20. The van der Waals surface area contributed by atoms with Gasteiger partial charge in [0.05, 0.1) is 11.1 Å². The van der Waals surface area contributed by atoms with Crippen LogP contribution in [0, 0.1) is 0 Å². The largest absolute Gasteiger partial charge is 0.361 e. The van der Waals surface area contributed by atoms with Crippen molar-refractivity contribution in [2.24, 2.45) is 0 Å². The van der Waals surface area contributed by atoms with Crippen molar-refractivity contribution in [1.82, 2.24) is 15.2 Å². The lowest BCUT2D eigenvalue weighted by atomic mass is 10.1. The topological polar surface area (TPSA) is 48.1 Å². The zero-order valence-electron chi connectivity index (χ0n) is 11.1. The fourth-order valence-electron chi connectivity index (χ4n) is 2.82. The number of piperidine rings is 1. The summed E-state index contributed by atoms with van der Waals surface area (Å²) in [6.07, 6.45) is 4.08. The van der Waals surface area contributed by atoms with Crippen LogP contribution in [0.1, 0.15) is 23.2 Å². The van der Waals surface area contributed by atoms with Crippen molar-refractivity contribution < 1.29 is 4.79 Å². The average molecular weight is 257 g/mol. The van der Waals surface area contributed by atoms with Crippen molar-refractivity contribution in [1.29, 1.82) is 0 Å². The standard InChI is InChI=1S/C15H19N3O/c1-18-9-3-5-12(10-18)17-15(19)13-6-2-4-11-7-8-16-14(11)13/h2,4,6-8,12,16H,3,5,9-10H2,1H3,(H,17,19). The molecule has 2 N–H and O–H groups in total. The molecule has 1 saturated heterocycles. The van der Waals surface area contributed by atoms with E-state index < -0.39 is 0 Å². The summed E-state index contributed by atoms with van der Waals surface area (Å²) in [4.78, 5) is 17.8. The molecule has 100 valence electrons. The average Bonchev–Trinajstić information content (AvgIpc) is 2.86. The van der Waals surface area contributed by atoms with E-state index >= 15 is 0 Å².